The number of carbonyl (C=O) groups excluding carboxylic acids is 1. The van der Waals surface area contributed by atoms with E-state index in [2.05, 4.69) is 53.5 Å². The molecule has 34 heavy (non-hydrogen) atoms. The number of fused-ring (bicyclic) bond motifs is 1. The van der Waals surface area contributed by atoms with Crippen LogP contribution >= 0.6 is 0 Å². The maximum atomic E-state index is 14.5. The Balaban J connectivity index is 1.25. The average molecular weight is 462 g/mol. The number of nitrogens with one attached hydrogen (secondary N) is 1. The monoisotopic (exact) mass is 461 g/mol. The Kier molecular flexibility index (Phi) is 5.96. The van der Waals surface area contributed by atoms with Crippen molar-refractivity contribution in [3.05, 3.63) is 77.6 Å². The molecular formula is C27H28FN3O3. The van der Waals surface area contributed by atoms with Crippen molar-refractivity contribution in [1.29, 1.82) is 0 Å². The van der Waals surface area contributed by atoms with E-state index in [1.165, 1.54) is 27.3 Å². The number of aliphatic carboxylic acids is 1. The lowest BCUT2D eigenvalue weighted by atomic mass is 9.99. The Morgan fingerprint density at radius 1 is 1.06 bits per heavy atom. The van der Waals surface area contributed by atoms with E-state index in [9.17, 15) is 14.0 Å². The minimum atomic E-state index is -0.924. The van der Waals surface area contributed by atoms with E-state index in [1.54, 1.807) is 12.1 Å². The van der Waals surface area contributed by atoms with Crippen molar-refractivity contribution >= 4 is 28.3 Å². The summed E-state index contributed by atoms with van der Waals surface area (Å²) in [5.41, 5.74) is 2.07. The van der Waals surface area contributed by atoms with Gasteiger partial charge in [0.05, 0.1) is 11.5 Å². The molecule has 2 fully saturated rings. The zero-order valence-corrected chi connectivity index (χ0v) is 19.1. The van der Waals surface area contributed by atoms with Crippen molar-refractivity contribution in [3.8, 4) is 0 Å². The van der Waals surface area contributed by atoms with Crippen LogP contribution in [0, 0.1) is 11.7 Å². The fourth-order valence-electron chi connectivity index (χ4n) is 5.05. The van der Waals surface area contributed by atoms with E-state index in [-0.39, 0.29) is 30.7 Å². The summed E-state index contributed by atoms with van der Waals surface area (Å²) in [5, 5.41) is 15.2. The normalized spacial score (nSPS) is 19.3. The second-order valence-electron chi connectivity index (χ2n) is 9.30. The molecular weight excluding hydrogens is 433 g/mol. The number of rotatable bonds is 6. The van der Waals surface area contributed by atoms with Gasteiger partial charge in [0.15, 0.2) is 0 Å². The first-order valence-electron chi connectivity index (χ1n) is 11.7. The topological polar surface area (TPSA) is 72.9 Å². The standard InChI is InChI=1S/C27H28FN3O3/c1-17(22-8-4-6-18-5-2-3-7-23(18)22)29-20-11-12-30(16-20)21-9-10-25(28)24(13-21)26(32)31-14-19(15-31)27(33)34/h2-10,13,17,19-20,29H,11-12,14-16H2,1H3,(H,33,34)/t17-,20?/m1/s1. The summed E-state index contributed by atoms with van der Waals surface area (Å²) < 4.78 is 14.5. The highest BCUT2D eigenvalue weighted by Gasteiger charge is 2.37. The van der Waals surface area contributed by atoms with E-state index >= 15 is 0 Å². The lowest BCUT2D eigenvalue weighted by Gasteiger charge is -2.36. The summed E-state index contributed by atoms with van der Waals surface area (Å²) in [5.74, 6) is -2.52. The molecule has 0 saturated carbocycles. The molecule has 2 atom stereocenters. The van der Waals surface area contributed by atoms with Crippen molar-refractivity contribution in [2.45, 2.75) is 25.4 Å². The number of likely N-dealkylation sites (tertiary alicyclic amines) is 1. The van der Waals surface area contributed by atoms with Gasteiger partial charge in [0.1, 0.15) is 5.82 Å². The molecule has 7 heteroatoms. The molecule has 0 bridgehead atoms. The molecule has 3 aromatic carbocycles. The number of anilines is 1. The van der Waals surface area contributed by atoms with Gasteiger partial charge in [0.2, 0.25) is 0 Å². The summed E-state index contributed by atoms with van der Waals surface area (Å²) >= 11 is 0. The van der Waals surface area contributed by atoms with Crippen molar-refractivity contribution in [2.24, 2.45) is 5.92 Å². The zero-order chi connectivity index (χ0) is 23.8. The van der Waals surface area contributed by atoms with Gasteiger partial charge in [-0.2, -0.15) is 0 Å². The quantitative estimate of drug-likeness (QED) is 0.579. The second kappa shape index (κ2) is 9.06. The molecule has 0 aliphatic carbocycles. The average Bonchev–Trinajstić information content (AvgIpc) is 3.26. The van der Waals surface area contributed by atoms with Crippen molar-refractivity contribution in [1.82, 2.24) is 10.2 Å². The predicted octanol–water partition coefficient (Wildman–Crippen LogP) is 4.07. The Labute approximate surface area is 198 Å². The van der Waals surface area contributed by atoms with Crippen LogP contribution in [0.15, 0.2) is 60.7 Å². The summed E-state index contributed by atoms with van der Waals surface area (Å²) in [6.07, 6.45) is 0.947. The molecule has 2 aliphatic heterocycles. The largest absolute Gasteiger partial charge is 0.481 e. The summed E-state index contributed by atoms with van der Waals surface area (Å²) in [7, 11) is 0. The molecule has 1 unspecified atom stereocenters. The van der Waals surface area contributed by atoms with Crippen LogP contribution in [0.1, 0.15) is 35.3 Å². The summed E-state index contributed by atoms with van der Waals surface area (Å²) in [6.45, 7) is 4.00. The van der Waals surface area contributed by atoms with Gasteiger partial charge in [-0.3, -0.25) is 9.59 Å². The zero-order valence-electron chi connectivity index (χ0n) is 19.1. The third-order valence-corrected chi connectivity index (χ3v) is 7.03. The molecule has 1 amide bonds. The van der Waals surface area contributed by atoms with E-state index in [0.29, 0.717) is 0 Å². The first kappa shape index (κ1) is 22.3. The Morgan fingerprint density at radius 2 is 1.82 bits per heavy atom. The minimum Gasteiger partial charge on any atom is -0.481 e. The fraction of sp³-hybridized carbons (Fsp3) is 0.333. The molecule has 2 aliphatic rings. The van der Waals surface area contributed by atoms with Gasteiger partial charge < -0.3 is 20.2 Å². The maximum absolute atomic E-state index is 14.5. The van der Waals surface area contributed by atoms with Crippen LogP contribution in [0.25, 0.3) is 10.8 Å². The number of hydrogen-bond acceptors (Lipinski definition) is 4. The number of benzene rings is 3. The lowest BCUT2D eigenvalue weighted by Crippen LogP contribution is -2.53. The molecule has 6 nitrogen and oxygen atoms in total. The molecule has 0 spiro atoms. The Bertz CT molecular complexity index is 1240. The molecule has 2 heterocycles. The smallest absolute Gasteiger partial charge is 0.310 e. The Morgan fingerprint density at radius 3 is 2.62 bits per heavy atom. The highest BCUT2D eigenvalue weighted by Crippen LogP contribution is 2.28. The van der Waals surface area contributed by atoms with Crippen molar-refractivity contribution in [3.63, 3.8) is 0 Å². The molecule has 0 aromatic heterocycles. The van der Waals surface area contributed by atoms with Gasteiger partial charge in [0.25, 0.3) is 5.91 Å². The third kappa shape index (κ3) is 4.23. The van der Waals surface area contributed by atoms with E-state index in [1.807, 2.05) is 6.07 Å². The second-order valence-corrected chi connectivity index (χ2v) is 9.30. The van der Waals surface area contributed by atoms with Crippen molar-refractivity contribution in [2.75, 3.05) is 31.1 Å². The van der Waals surface area contributed by atoms with Crippen LogP contribution in [0.4, 0.5) is 10.1 Å². The summed E-state index contributed by atoms with van der Waals surface area (Å²) in [6, 6.07) is 19.8. The summed E-state index contributed by atoms with van der Waals surface area (Å²) in [4.78, 5) is 27.3. The van der Waals surface area contributed by atoms with Crippen molar-refractivity contribution < 1.29 is 19.1 Å². The van der Waals surface area contributed by atoms with Gasteiger partial charge in [-0.25, -0.2) is 4.39 Å². The molecule has 2 N–H and O–H groups in total. The van der Waals surface area contributed by atoms with Crippen LogP contribution in [0.2, 0.25) is 0 Å². The van der Waals surface area contributed by atoms with Crippen LogP contribution in [0.5, 0.6) is 0 Å². The minimum absolute atomic E-state index is 0.00173. The molecule has 2 saturated heterocycles. The number of nitrogens with zero attached hydrogens (tertiary/aromatic N) is 2. The van der Waals surface area contributed by atoms with Crippen LogP contribution in [0.3, 0.4) is 0 Å². The predicted molar refractivity (Wildman–Crippen MR) is 130 cm³/mol. The molecule has 5 rings (SSSR count). The molecule has 0 radical (unpaired) electrons. The highest BCUT2D eigenvalue weighted by molar-refractivity contribution is 5.96. The Hall–Kier alpha value is -3.45. The number of halogens is 1. The van der Waals surface area contributed by atoms with Gasteiger partial charge in [0, 0.05) is 44.0 Å². The number of carbonyl (C=O) groups is 2. The first-order chi connectivity index (χ1) is 16.4. The highest BCUT2D eigenvalue weighted by atomic mass is 19.1. The number of carboxylic acids is 1. The number of hydrogen-bond donors (Lipinski definition) is 2. The fourth-order valence-corrected chi connectivity index (χ4v) is 5.05. The van der Waals surface area contributed by atoms with E-state index < -0.39 is 23.6 Å². The third-order valence-electron chi connectivity index (χ3n) is 7.03. The van der Waals surface area contributed by atoms with Gasteiger partial charge in [-0.1, -0.05) is 42.5 Å². The van der Waals surface area contributed by atoms with Gasteiger partial charge in [-0.15, -0.1) is 0 Å². The number of carboxylic acid groups (broad SMARTS) is 1. The molecule has 176 valence electrons. The van der Waals surface area contributed by atoms with E-state index in [4.69, 9.17) is 5.11 Å². The van der Waals surface area contributed by atoms with Crippen LogP contribution in [-0.4, -0.2) is 54.1 Å². The SMILES string of the molecule is C[C@@H](NC1CCN(c2ccc(F)c(C(=O)N3CC(C(=O)O)C3)c2)C1)c1cccc2ccccc12. The van der Waals surface area contributed by atoms with Gasteiger partial charge >= 0.3 is 5.97 Å². The van der Waals surface area contributed by atoms with Crippen LogP contribution < -0.4 is 10.2 Å². The number of amides is 1. The lowest BCUT2D eigenvalue weighted by molar-refractivity contribution is -0.146. The maximum Gasteiger partial charge on any atom is 0.310 e. The molecule has 3 aromatic rings. The first-order valence-corrected chi connectivity index (χ1v) is 11.7. The van der Waals surface area contributed by atoms with Gasteiger partial charge in [-0.05, 0) is 47.9 Å². The van der Waals surface area contributed by atoms with E-state index in [0.717, 1.165) is 25.2 Å². The van der Waals surface area contributed by atoms with Crippen LogP contribution in [-0.2, 0) is 4.79 Å².